The van der Waals surface area contributed by atoms with E-state index in [9.17, 15) is 4.79 Å². The van der Waals surface area contributed by atoms with Gasteiger partial charge in [0.25, 0.3) is 0 Å². The minimum Gasteiger partial charge on any atom is -0.493 e. The summed E-state index contributed by atoms with van der Waals surface area (Å²) in [6.07, 6.45) is 1.06. The number of primary amides is 1. The molecule has 0 spiro atoms. The molecule has 4 nitrogen and oxygen atoms in total. The first-order chi connectivity index (χ1) is 7.65. The van der Waals surface area contributed by atoms with Gasteiger partial charge < -0.3 is 16.2 Å². The van der Waals surface area contributed by atoms with Gasteiger partial charge in [0.15, 0.2) is 0 Å². The monoisotopic (exact) mass is 222 g/mol. The van der Waals surface area contributed by atoms with Gasteiger partial charge in [-0.05, 0) is 12.5 Å². The van der Waals surface area contributed by atoms with Gasteiger partial charge in [-0.3, -0.25) is 4.79 Å². The molecule has 1 amide bonds. The van der Waals surface area contributed by atoms with Crippen LogP contribution in [0.2, 0.25) is 0 Å². The van der Waals surface area contributed by atoms with E-state index in [0.29, 0.717) is 6.61 Å². The Labute approximate surface area is 95.6 Å². The van der Waals surface area contributed by atoms with E-state index in [2.05, 4.69) is 0 Å². The fraction of sp³-hybridized carbons (Fsp3) is 0.417. The average molecular weight is 222 g/mol. The van der Waals surface area contributed by atoms with E-state index in [1.807, 2.05) is 31.2 Å². The molecule has 0 radical (unpaired) electrons. The smallest absolute Gasteiger partial charge is 0.220 e. The van der Waals surface area contributed by atoms with Gasteiger partial charge >= 0.3 is 0 Å². The number of amides is 1. The van der Waals surface area contributed by atoms with Crippen molar-refractivity contribution in [3.05, 3.63) is 29.8 Å². The fourth-order valence-corrected chi connectivity index (χ4v) is 1.40. The summed E-state index contributed by atoms with van der Waals surface area (Å²) in [5.41, 5.74) is 12.0. The first-order valence-corrected chi connectivity index (χ1v) is 5.40. The maximum absolute atomic E-state index is 10.6. The van der Waals surface area contributed by atoms with Gasteiger partial charge in [0, 0.05) is 11.6 Å². The molecule has 0 bridgehead atoms. The molecule has 1 aromatic carbocycles. The summed E-state index contributed by atoms with van der Waals surface area (Å²) < 4.78 is 5.49. The molecule has 16 heavy (non-hydrogen) atoms. The highest BCUT2D eigenvalue weighted by molar-refractivity contribution is 5.73. The topological polar surface area (TPSA) is 78.3 Å². The molecule has 88 valence electrons. The second kappa shape index (κ2) is 6.12. The van der Waals surface area contributed by atoms with Crippen LogP contribution < -0.4 is 16.2 Å². The Kier molecular flexibility index (Phi) is 4.79. The van der Waals surface area contributed by atoms with Crippen molar-refractivity contribution in [2.75, 3.05) is 6.61 Å². The molecule has 0 heterocycles. The lowest BCUT2D eigenvalue weighted by Crippen LogP contribution is -2.16. The number of benzene rings is 1. The van der Waals surface area contributed by atoms with Gasteiger partial charge in [0.05, 0.1) is 13.0 Å². The third kappa shape index (κ3) is 3.55. The fourth-order valence-electron chi connectivity index (χ4n) is 1.40. The van der Waals surface area contributed by atoms with E-state index in [4.69, 9.17) is 16.2 Å². The van der Waals surface area contributed by atoms with Crippen LogP contribution in [0.5, 0.6) is 5.75 Å². The number of carbonyl (C=O) groups excluding carboxylic acids is 1. The van der Waals surface area contributed by atoms with Crippen LogP contribution in [-0.4, -0.2) is 12.5 Å². The van der Waals surface area contributed by atoms with Gasteiger partial charge in [-0.15, -0.1) is 0 Å². The second-order valence-electron chi connectivity index (χ2n) is 3.62. The lowest BCUT2D eigenvalue weighted by molar-refractivity contribution is -0.118. The molecule has 0 saturated carbocycles. The largest absolute Gasteiger partial charge is 0.493 e. The number of ether oxygens (including phenoxy) is 1. The second-order valence-corrected chi connectivity index (χ2v) is 3.62. The Balaban J connectivity index is 2.67. The lowest BCUT2D eigenvalue weighted by Gasteiger charge is -2.15. The van der Waals surface area contributed by atoms with Crippen molar-refractivity contribution in [2.24, 2.45) is 11.5 Å². The molecule has 4 N–H and O–H groups in total. The SMILES string of the molecule is CC[C@@H](N)c1ccccc1OCCC(N)=O. The molecule has 0 aliphatic rings. The summed E-state index contributed by atoms with van der Waals surface area (Å²) in [6.45, 7) is 2.31. The molecular weight excluding hydrogens is 204 g/mol. The standard InChI is InChI=1S/C12H18N2O2/c1-2-10(13)9-5-3-4-6-11(9)16-8-7-12(14)15/h3-6,10H,2,7-8,13H2,1H3,(H2,14,15)/t10-/m1/s1. The highest BCUT2D eigenvalue weighted by atomic mass is 16.5. The van der Waals surface area contributed by atoms with Crippen LogP contribution in [0.15, 0.2) is 24.3 Å². The Hall–Kier alpha value is -1.55. The number of hydrogen-bond acceptors (Lipinski definition) is 3. The minimum atomic E-state index is -0.364. The Morgan fingerprint density at radius 1 is 1.44 bits per heavy atom. The average Bonchev–Trinajstić information content (AvgIpc) is 2.28. The summed E-state index contributed by atoms with van der Waals surface area (Å²) in [7, 11) is 0. The van der Waals surface area contributed by atoms with Crippen molar-refractivity contribution < 1.29 is 9.53 Å². The van der Waals surface area contributed by atoms with Gasteiger partial charge in [0.2, 0.25) is 5.91 Å². The van der Waals surface area contributed by atoms with Crippen LogP contribution in [0.3, 0.4) is 0 Å². The molecule has 1 atom stereocenters. The summed E-state index contributed by atoms with van der Waals surface area (Å²) in [4.78, 5) is 10.6. The molecule has 0 unspecified atom stereocenters. The Bertz CT molecular complexity index is 353. The lowest BCUT2D eigenvalue weighted by atomic mass is 10.0. The zero-order chi connectivity index (χ0) is 12.0. The molecule has 4 heteroatoms. The van der Waals surface area contributed by atoms with Crippen molar-refractivity contribution in [2.45, 2.75) is 25.8 Å². The predicted molar refractivity (Wildman–Crippen MR) is 63.0 cm³/mol. The number of nitrogens with two attached hydrogens (primary N) is 2. The third-order valence-electron chi connectivity index (χ3n) is 2.36. The molecular formula is C12H18N2O2. The van der Waals surface area contributed by atoms with E-state index < -0.39 is 0 Å². The van der Waals surface area contributed by atoms with E-state index in [1.165, 1.54) is 0 Å². The zero-order valence-corrected chi connectivity index (χ0v) is 9.48. The number of carbonyl (C=O) groups is 1. The van der Waals surface area contributed by atoms with Crippen LogP contribution in [-0.2, 0) is 4.79 Å². The van der Waals surface area contributed by atoms with Crippen LogP contribution in [0.1, 0.15) is 31.4 Å². The van der Waals surface area contributed by atoms with Crippen LogP contribution >= 0.6 is 0 Å². The van der Waals surface area contributed by atoms with Crippen LogP contribution in [0, 0.1) is 0 Å². The quantitative estimate of drug-likeness (QED) is 0.762. The van der Waals surface area contributed by atoms with Crippen molar-refractivity contribution in [3.8, 4) is 5.75 Å². The van der Waals surface area contributed by atoms with E-state index in [-0.39, 0.29) is 18.4 Å². The van der Waals surface area contributed by atoms with Gasteiger partial charge in [-0.2, -0.15) is 0 Å². The Morgan fingerprint density at radius 2 is 2.12 bits per heavy atom. The number of hydrogen-bond donors (Lipinski definition) is 2. The predicted octanol–water partition coefficient (Wildman–Crippen LogP) is 1.35. The first-order valence-electron chi connectivity index (χ1n) is 5.40. The summed E-state index contributed by atoms with van der Waals surface area (Å²) in [6, 6.07) is 7.56. The molecule has 0 saturated heterocycles. The normalized spacial score (nSPS) is 12.1. The van der Waals surface area contributed by atoms with E-state index in [1.54, 1.807) is 0 Å². The van der Waals surface area contributed by atoms with Crippen molar-refractivity contribution in [3.63, 3.8) is 0 Å². The highest BCUT2D eigenvalue weighted by Crippen LogP contribution is 2.25. The summed E-state index contributed by atoms with van der Waals surface area (Å²) in [5, 5.41) is 0. The van der Waals surface area contributed by atoms with Gasteiger partial charge in [-0.25, -0.2) is 0 Å². The molecule has 1 aromatic rings. The number of para-hydroxylation sites is 1. The molecule has 1 rings (SSSR count). The third-order valence-corrected chi connectivity index (χ3v) is 2.36. The molecule has 0 aromatic heterocycles. The molecule has 0 fully saturated rings. The summed E-state index contributed by atoms with van der Waals surface area (Å²) in [5.74, 6) is 0.371. The highest BCUT2D eigenvalue weighted by Gasteiger charge is 2.09. The Morgan fingerprint density at radius 3 is 2.75 bits per heavy atom. The maximum Gasteiger partial charge on any atom is 0.220 e. The first kappa shape index (κ1) is 12.5. The van der Waals surface area contributed by atoms with Gasteiger partial charge in [-0.1, -0.05) is 25.1 Å². The van der Waals surface area contributed by atoms with Crippen molar-refractivity contribution >= 4 is 5.91 Å². The summed E-state index contributed by atoms with van der Waals surface area (Å²) >= 11 is 0. The van der Waals surface area contributed by atoms with Crippen LogP contribution in [0.4, 0.5) is 0 Å². The zero-order valence-electron chi connectivity index (χ0n) is 9.48. The minimum absolute atomic E-state index is 0.0372. The van der Waals surface area contributed by atoms with E-state index >= 15 is 0 Å². The number of rotatable bonds is 6. The molecule has 0 aliphatic heterocycles. The van der Waals surface area contributed by atoms with Crippen LogP contribution in [0.25, 0.3) is 0 Å². The van der Waals surface area contributed by atoms with Gasteiger partial charge in [0.1, 0.15) is 5.75 Å². The van der Waals surface area contributed by atoms with E-state index in [0.717, 1.165) is 17.7 Å². The van der Waals surface area contributed by atoms with Crippen molar-refractivity contribution in [1.29, 1.82) is 0 Å². The maximum atomic E-state index is 10.6. The molecule has 0 aliphatic carbocycles. The van der Waals surface area contributed by atoms with Crippen molar-refractivity contribution in [1.82, 2.24) is 0 Å².